The second-order valence-electron chi connectivity index (χ2n) is 12.1. The zero-order chi connectivity index (χ0) is 17.5. The normalized spacial score (nSPS) is 56.1. The Labute approximate surface area is 164 Å². The molecule has 0 saturated heterocycles. The van der Waals surface area contributed by atoms with Crippen LogP contribution in [0.2, 0.25) is 0 Å². The molecule has 0 aromatic carbocycles. The molecular formula is C24H40P2. The first-order valence-corrected chi connectivity index (χ1v) is 15.9. The first-order valence-electron chi connectivity index (χ1n) is 11.9. The summed E-state index contributed by atoms with van der Waals surface area (Å²) in [7, 11) is 0.575. The van der Waals surface area contributed by atoms with E-state index in [2.05, 4.69) is 13.3 Å². The van der Waals surface area contributed by atoms with E-state index in [-0.39, 0.29) is 15.8 Å². The fourth-order valence-corrected chi connectivity index (χ4v) is 16.6. The Balaban J connectivity index is 1.12. The minimum absolute atomic E-state index is 0.288. The minimum Gasteiger partial charge on any atom is -0.103 e. The van der Waals surface area contributed by atoms with Crippen molar-refractivity contribution in [2.75, 3.05) is 25.7 Å². The maximum Gasteiger partial charge on any atom is -0.00888 e. The van der Waals surface area contributed by atoms with Crippen LogP contribution in [0, 0.1) is 35.5 Å². The van der Waals surface area contributed by atoms with Crippen LogP contribution in [0.3, 0.4) is 0 Å². The summed E-state index contributed by atoms with van der Waals surface area (Å²) in [6.07, 6.45) is 22.9. The zero-order valence-corrected chi connectivity index (χ0v) is 19.0. The summed E-state index contributed by atoms with van der Waals surface area (Å²) in [6, 6.07) is 0. The molecule has 0 nitrogen and oxygen atoms in total. The molecule has 0 aromatic rings. The predicted octanol–water partition coefficient (Wildman–Crippen LogP) is 7.15. The van der Waals surface area contributed by atoms with Crippen molar-refractivity contribution in [3.63, 3.8) is 0 Å². The van der Waals surface area contributed by atoms with Crippen LogP contribution in [0.15, 0.2) is 0 Å². The smallest absolute Gasteiger partial charge is 0.00888 e. The third-order valence-corrected chi connectivity index (χ3v) is 16.9. The van der Waals surface area contributed by atoms with Gasteiger partial charge >= 0.3 is 0 Å². The lowest BCUT2D eigenvalue weighted by Crippen LogP contribution is -2.50. The molecule has 0 amide bonds. The van der Waals surface area contributed by atoms with Crippen LogP contribution in [0.4, 0.5) is 0 Å². The van der Waals surface area contributed by atoms with Crippen LogP contribution in [0.1, 0.15) is 77.0 Å². The summed E-state index contributed by atoms with van der Waals surface area (Å²) in [4.78, 5) is 0. The van der Waals surface area contributed by atoms with Crippen molar-refractivity contribution < 1.29 is 0 Å². The summed E-state index contributed by atoms with van der Waals surface area (Å²) < 4.78 is 0. The second-order valence-corrected chi connectivity index (χ2v) is 17.7. The summed E-state index contributed by atoms with van der Waals surface area (Å²) in [5.41, 5.74) is 0. The molecule has 8 bridgehead atoms. The van der Waals surface area contributed by atoms with E-state index in [9.17, 15) is 0 Å². The van der Waals surface area contributed by atoms with Gasteiger partial charge in [-0.3, -0.25) is 0 Å². The van der Waals surface area contributed by atoms with Gasteiger partial charge in [0, 0.05) is 0 Å². The largest absolute Gasteiger partial charge is 0.103 e. The van der Waals surface area contributed by atoms with Gasteiger partial charge in [0.1, 0.15) is 0 Å². The Morgan fingerprint density at radius 2 is 0.731 bits per heavy atom. The quantitative estimate of drug-likeness (QED) is 0.437. The van der Waals surface area contributed by atoms with Crippen molar-refractivity contribution in [1.29, 1.82) is 0 Å². The average molecular weight is 391 g/mol. The first-order chi connectivity index (χ1) is 12.5. The van der Waals surface area contributed by atoms with Crippen LogP contribution in [-0.2, 0) is 0 Å². The Morgan fingerprint density at radius 3 is 0.962 bits per heavy atom. The Bertz CT molecular complexity index is 446. The van der Waals surface area contributed by atoms with Gasteiger partial charge in [-0.1, -0.05) is 0 Å². The van der Waals surface area contributed by atoms with Gasteiger partial charge in [-0.05, 0) is 149 Å². The molecule has 0 aromatic heterocycles. The summed E-state index contributed by atoms with van der Waals surface area (Å²) in [5, 5.41) is 1.73. The average Bonchev–Trinajstić information content (AvgIpc) is 2.57. The lowest BCUT2D eigenvalue weighted by molar-refractivity contribution is 0.0352. The van der Waals surface area contributed by atoms with Gasteiger partial charge in [-0.2, -0.15) is 0 Å². The third kappa shape index (κ3) is 2.74. The Hall–Kier alpha value is 0.860. The molecule has 0 radical (unpaired) electrons. The van der Waals surface area contributed by atoms with Gasteiger partial charge in [-0.15, -0.1) is 15.8 Å². The molecule has 2 heteroatoms. The van der Waals surface area contributed by atoms with E-state index < -0.39 is 0 Å². The highest BCUT2D eigenvalue weighted by molar-refractivity contribution is 7.62. The first kappa shape index (κ1) is 17.7. The van der Waals surface area contributed by atoms with Crippen LogP contribution < -0.4 is 0 Å². The van der Waals surface area contributed by atoms with Gasteiger partial charge in [-0.25, -0.2) is 0 Å². The molecule has 146 valence electrons. The third-order valence-electron chi connectivity index (χ3n) is 10.4. The highest BCUT2D eigenvalue weighted by atomic mass is 31.1. The monoisotopic (exact) mass is 390 g/mol. The maximum atomic E-state index is 2.76. The summed E-state index contributed by atoms with van der Waals surface area (Å²) in [6.45, 7) is 5.51. The standard InChI is InChI=1S/C24H40P2/c1-25(23-11-17-5-18(12-23)7-19(6-17)13-23)3-4-26(2)24-14-20-8-21(15-24)10-22(9-20)16-24/h17-22H,3-16H2,1-2H3/t17?,18?,19?,20?,21?,22?,23?,24?,25-,26-/m1/s1. The fourth-order valence-electron chi connectivity index (χ4n) is 9.84. The van der Waals surface area contributed by atoms with Gasteiger partial charge in [0.2, 0.25) is 0 Å². The second kappa shape index (κ2) is 6.18. The molecule has 8 aliphatic rings. The molecule has 0 spiro atoms. The van der Waals surface area contributed by atoms with Crippen molar-refractivity contribution >= 4 is 15.8 Å². The van der Waals surface area contributed by atoms with Crippen molar-refractivity contribution in [3.05, 3.63) is 0 Å². The Morgan fingerprint density at radius 1 is 0.500 bits per heavy atom. The van der Waals surface area contributed by atoms with Gasteiger partial charge < -0.3 is 0 Å². The zero-order valence-electron chi connectivity index (χ0n) is 17.3. The number of rotatable bonds is 5. The molecule has 8 aliphatic carbocycles. The van der Waals surface area contributed by atoms with Gasteiger partial charge in [0.05, 0.1) is 0 Å². The van der Waals surface area contributed by atoms with Crippen LogP contribution in [0.25, 0.3) is 0 Å². The molecule has 8 rings (SSSR count). The van der Waals surface area contributed by atoms with Crippen molar-refractivity contribution in [2.45, 2.75) is 87.4 Å². The predicted molar refractivity (Wildman–Crippen MR) is 117 cm³/mol. The topological polar surface area (TPSA) is 0 Å². The van der Waals surface area contributed by atoms with E-state index in [1.807, 2.05) is 0 Å². The minimum atomic E-state index is 0.288. The highest BCUT2D eigenvalue weighted by Gasteiger charge is 2.54. The van der Waals surface area contributed by atoms with Crippen LogP contribution in [-0.4, -0.2) is 36.0 Å². The van der Waals surface area contributed by atoms with Crippen molar-refractivity contribution in [1.82, 2.24) is 0 Å². The van der Waals surface area contributed by atoms with Crippen molar-refractivity contribution in [2.24, 2.45) is 35.5 Å². The molecule has 2 atom stereocenters. The fraction of sp³-hybridized carbons (Fsp3) is 1.00. The number of hydrogen-bond donors (Lipinski definition) is 0. The SMILES string of the molecule is C[P@](CC[P@@](C)C12CC3CC(CC(C3)C1)C2)C12CC3CC(CC(C3)C1)C2. The van der Waals surface area contributed by atoms with Crippen LogP contribution in [0.5, 0.6) is 0 Å². The van der Waals surface area contributed by atoms with E-state index in [0.717, 1.165) is 45.8 Å². The maximum absolute atomic E-state index is 2.76. The van der Waals surface area contributed by atoms with Gasteiger partial charge in [0.15, 0.2) is 0 Å². The van der Waals surface area contributed by atoms with E-state index in [1.165, 1.54) is 0 Å². The van der Waals surface area contributed by atoms with Crippen LogP contribution >= 0.6 is 15.8 Å². The summed E-state index contributed by atoms with van der Waals surface area (Å²) >= 11 is 0. The van der Waals surface area contributed by atoms with Gasteiger partial charge in [0.25, 0.3) is 0 Å². The lowest BCUT2D eigenvalue weighted by Gasteiger charge is -2.60. The molecule has 8 saturated carbocycles. The number of hydrogen-bond acceptors (Lipinski definition) is 0. The molecule has 0 N–H and O–H groups in total. The molecule has 0 unspecified atom stereocenters. The Kier molecular flexibility index (Phi) is 4.21. The summed E-state index contributed by atoms with van der Waals surface area (Å²) in [5.74, 6) is 6.90. The van der Waals surface area contributed by atoms with E-state index >= 15 is 0 Å². The van der Waals surface area contributed by atoms with E-state index in [1.54, 1.807) is 89.4 Å². The molecule has 0 heterocycles. The molecule has 26 heavy (non-hydrogen) atoms. The van der Waals surface area contributed by atoms with E-state index in [4.69, 9.17) is 0 Å². The highest BCUT2D eigenvalue weighted by Crippen LogP contribution is 2.70. The van der Waals surface area contributed by atoms with Crippen molar-refractivity contribution in [3.8, 4) is 0 Å². The van der Waals surface area contributed by atoms with E-state index in [0.29, 0.717) is 0 Å². The molecule has 0 aliphatic heterocycles. The molecular weight excluding hydrogens is 350 g/mol. The molecule has 8 fully saturated rings. The lowest BCUT2D eigenvalue weighted by atomic mass is 9.56.